The SMILES string of the molecule is CCN(CC)C1=CC(=NS(=O)(=O)N(C)C)C(=NN=C2N=C(C#N)C(=C=[N-])N2C)C=C1. The maximum atomic E-state index is 12.3. The Balaban J connectivity index is 2.55. The third-order valence-corrected chi connectivity index (χ3v) is 5.64. The first-order valence-electron chi connectivity index (χ1n) is 9.01. The van der Waals surface area contributed by atoms with Crippen LogP contribution in [0, 0.1) is 11.3 Å². The van der Waals surface area contributed by atoms with Crippen molar-refractivity contribution in [2.75, 3.05) is 34.2 Å². The molecule has 0 N–H and O–H groups in total. The standard InChI is InChI=1S/C18H22N9O2S/c1-6-27(7-2)13-8-9-14(15(10-13)24-30(28,29)25(3)4)22-23-18-21-16(11-19)17(12-20)26(18)5/h8-10H,6-7H2,1-5H3/q-1. The first-order valence-corrected chi connectivity index (χ1v) is 10.4. The lowest BCUT2D eigenvalue weighted by molar-refractivity contribution is 0.395. The van der Waals surface area contributed by atoms with Gasteiger partial charge in [-0.25, -0.2) is 5.87 Å². The van der Waals surface area contributed by atoms with Gasteiger partial charge in [-0.15, -0.1) is 14.6 Å². The van der Waals surface area contributed by atoms with E-state index in [2.05, 4.69) is 19.6 Å². The molecular formula is C18H22N9O2S-. The van der Waals surface area contributed by atoms with Crippen LogP contribution in [0.1, 0.15) is 13.8 Å². The summed E-state index contributed by atoms with van der Waals surface area (Å²) in [5, 5.41) is 26.3. The molecule has 0 atom stereocenters. The monoisotopic (exact) mass is 428 g/mol. The van der Waals surface area contributed by atoms with Crippen molar-refractivity contribution in [3.63, 3.8) is 0 Å². The quantitative estimate of drug-likeness (QED) is 0.349. The molecule has 2 aliphatic rings. The Kier molecular flexibility index (Phi) is 7.18. The van der Waals surface area contributed by atoms with Crippen molar-refractivity contribution < 1.29 is 8.42 Å². The Bertz CT molecular complexity index is 1090. The number of rotatable bonds is 6. The molecule has 0 radical (unpaired) electrons. The average Bonchev–Trinajstić information content (AvgIpc) is 3.02. The summed E-state index contributed by atoms with van der Waals surface area (Å²) in [7, 11) is 0.402. The van der Waals surface area contributed by atoms with E-state index in [0.29, 0.717) is 0 Å². The number of likely N-dealkylation sites (N-methyl/N-ethyl adjacent to an activating group) is 1. The van der Waals surface area contributed by atoms with Crippen LogP contribution in [-0.4, -0.2) is 85.7 Å². The van der Waals surface area contributed by atoms with Crippen molar-refractivity contribution in [2.45, 2.75) is 13.8 Å². The van der Waals surface area contributed by atoms with Crippen LogP contribution in [0.5, 0.6) is 0 Å². The van der Waals surface area contributed by atoms with Crippen LogP contribution in [-0.2, 0) is 10.2 Å². The fourth-order valence-electron chi connectivity index (χ4n) is 2.54. The van der Waals surface area contributed by atoms with Crippen molar-refractivity contribution >= 4 is 39.2 Å². The van der Waals surface area contributed by atoms with E-state index >= 15 is 0 Å². The Morgan fingerprint density at radius 1 is 1.20 bits per heavy atom. The molecule has 0 unspecified atom stereocenters. The molecule has 0 bridgehead atoms. The van der Waals surface area contributed by atoms with Crippen LogP contribution < -0.4 is 0 Å². The molecule has 0 aromatic heterocycles. The third-order valence-electron chi connectivity index (χ3n) is 4.29. The molecular weight excluding hydrogens is 406 g/mol. The number of nitrogens with zero attached hydrogens (tertiary/aromatic N) is 9. The van der Waals surface area contributed by atoms with E-state index in [4.69, 9.17) is 10.7 Å². The summed E-state index contributed by atoms with van der Waals surface area (Å²) in [6, 6.07) is 1.83. The lowest BCUT2D eigenvalue weighted by Crippen LogP contribution is -2.27. The molecule has 2 rings (SSSR count). The number of hydrogen-bond donors (Lipinski definition) is 0. The van der Waals surface area contributed by atoms with Gasteiger partial charge in [-0.1, -0.05) is 0 Å². The Morgan fingerprint density at radius 3 is 2.37 bits per heavy atom. The average molecular weight is 429 g/mol. The summed E-state index contributed by atoms with van der Waals surface area (Å²) in [4.78, 5) is 7.35. The zero-order chi connectivity index (χ0) is 22.5. The molecule has 0 saturated heterocycles. The van der Waals surface area contributed by atoms with Crippen molar-refractivity contribution in [3.05, 3.63) is 35.0 Å². The van der Waals surface area contributed by atoms with Crippen LogP contribution in [0.4, 0.5) is 0 Å². The Hall–Kier alpha value is -3.39. The van der Waals surface area contributed by atoms with Crippen molar-refractivity contribution in [1.29, 1.82) is 5.26 Å². The molecule has 0 amide bonds. The minimum atomic E-state index is -3.90. The maximum Gasteiger partial charge on any atom is 0.322 e. The van der Waals surface area contributed by atoms with E-state index < -0.39 is 10.2 Å². The highest BCUT2D eigenvalue weighted by Gasteiger charge is 2.24. The number of hydrogen-bond acceptors (Lipinski definition) is 6. The minimum Gasteiger partial charge on any atom is -0.761 e. The molecule has 11 nitrogen and oxygen atoms in total. The predicted octanol–water partition coefficient (Wildman–Crippen LogP) is 0.774. The first kappa shape index (κ1) is 22.9. The number of guanidine groups is 1. The summed E-state index contributed by atoms with van der Waals surface area (Å²) < 4.78 is 29.5. The molecule has 0 aromatic rings. The van der Waals surface area contributed by atoms with Gasteiger partial charge in [0.2, 0.25) is 0 Å². The maximum absolute atomic E-state index is 12.3. The van der Waals surface area contributed by atoms with Crippen molar-refractivity contribution in [2.24, 2.45) is 19.6 Å². The number of allylic oxidation sites excluding steroid dienone is 4. The normalized spacial score (nSPS) is 20.6. The largest absolute Gasteiger partial charge is 0.761 e. The van der Waals surface area contributed by atoms with E-state index in [1.54, 1.807) is 18.2 Å². The van der Waals surface area contributed by atoms with E-state index in [0.717, 1.165) is 23.1 Å². The summed E-state index contributed by atoms with van der Waals surface area (Å²) in [5.74, 6) is 1.93. The Labute approximate surface area is 176 Å². The molecule has 12 heteroatoms. The van der Waals surface area contributed by atoms with Gasteiger partial charge in [-0.05, 0) is 32.1 Å². The second-order valence-electron chi connectivity index (χ2n) is 6.29. The fourth-order valence-corrected chi connectivity index (χ4v) is 3.10. The lowest BCUT2D eigenvalue weighted by Gasteiger charge is -2.24. The molecule has 1 heterocycles. The molecule has 1 aliphatic heterocycles. The van der Waals surface area contributed by atoms with Crippen molar-refractivity contribution in [3.8, 4) is 6.07 Å². The van der Waals surface area contributed by atoms with Gasteiger partial charge in [0.15, 0.2) is 5.71 Å². The number of aliphatic imine (C=N–C) groups is 1. The smallest absolute Gasteiger partial charge is 0.322 e. The minimum absolute atomic E-state index is 0.0392. The zero-order valence-electron chi connectivity index (χ0n) is 17.4. The predicted molar refractivity (Wildman–Crippen MR) is 118 cm³/mol. The van der Waals surface area contributed by atoms with Crippen LogP contribution in [0.15, 0.2) is 49.2 Å². The lowest BCUT2D eigenvalue weighted by atomic mass is 10.1. The summed E-state index contributed by atoms with van der Waals surface area (Å²) in [5.41, 5.74) is 1.11. The fraction of sp³-hybridized carbons (Fsp3) is 0.389. The topological polar surface area (TPSA) is 139 Å². The van der Waals surface area contributed by atoms with Crippen molar-refractivity contribution in [1.82, 2.24) is 14.1 Å². The van der Waals surface area contributed by atoms with Gasteiger partial charge in [-0.2, -0.15) is 23.0 Å². The molecule has 0 aromatic carbocycles. The molecule has 30 heavy (non-hydrogen) atoms. The second-order valence-corrected chi connectivity index (χ2v) is 8.10. The summed E-state index contributed by atoms with van der Waals surface area (Å²) in [6.45, 7) is 5.45. The van der Waals surface area contributed by atoms with Crippen LogP contribution in [0.3, 0.4) is 0 Å². The third kappa shape index (κ3) is 4.77. The van der Waals surface area contributed by atoms with Gasteiger partial charge in [0, 0.05) is 39.9 Å². The molecule has 0 spiro atoms. The summed E-state index contributed by atoms with van der Waals surface area (Å²) >= 11 is 0. The molecule has 0 saturated carbocycles. The summed E-state index contributed by atoms with van der Waals surface area (Å²) in [6.07, 6.45) is 5.03. The van der Waals surface area contributed by atoms with E-state index in [9.17, 15) is 8.42 Å². The highest BCUT2D eigenvalue weighted by Crippen LogP contribution is 2.16. The molecule has 0 fully saturated rings. The second kappa shape index (κ2) is 9.41. The van der Waals surface area contributed by atoms with Gasteiger partial charge in [0.25, 0.3) is 5.96 Å². The van der Waals surface area contributed by atoms with Gasteiger partial charge < -0.3 is 15.2 Å². The van der Waals surface area contributed by atoms with E-state index in [1.807, 2.05) is 30.7 Å². The van der Waals surface area contributed by atoms with Gasteiger partial charge >= 0.3 is 10.2 Å². The van der Waals surface area contributed by atoms with Crippen LogP contribution in [0.25, 0.3) is 5.41 Å². The zero-order valence-corrected chi connectivity index (χ0v) is 18.2. The van der Waals surface area contributed by atoms with E-state index in [-0.39, 0.29) is 28.8 Å². The van der Waals surface area contributed by atoms with Crippen LogP contribution in [0.2, 0.25) is 0 Å². The van der Waals surface area contributed by atoms with E-state index in [1.165, 1.54) is 26.0 Å². The van der Waals surface area contributed by atoms with Gasteiger partial charge in [0.1, 0.15) is 23.2 Å². The highest BCUT2D eigenvalue weighted by molar-refractivity contribution is 7.88. The van der Waals surface area contributed by atoms with Gasteiger partial charge in [0.05, 0.1) is 0 Å². The Morgan fingerprint density at radius 2 is 1.87 bits per heavy atom. The molecule has 1 aliphatic carbocycles. The number of nitriles is 1. The first-order chi connectivity index (χ1) is 14.2. The van der Waals surface area contributed by atoms with Gasteiger partial charge in [-0.3, -0.25) is 0 Å². The highest BCUT2D eigenvalue weighted by atomic mass is 32.2. The molecule has 158 valence electrons. The van der Waals surface area contributed by atoms with Crippen LogP contribution >= 0.6 is 0 Å².